The van der Waals surface area contributed by atoms with Crippen molar-refractivity contribution in [1.82, 2.24) is 15.0 Å². The predicted octanol–water partition coefficient (Wildman–Crippen LogP) is 3.76. The molecule has 0 bridgehead atoms. The molecule has 2 aromatic rings. The number of halogens is 3. The zero-order chi connectivity index (χ0) is 26.2. The molecule has 0 aliphatic rings. The van der Waals surface area contributed by atoms with Gasteiger partial charge in [0.15, 0.2) is 0 Å². The topological polar surface area (TPSA) is 107 Å². The maximum atomic E-state index is 13.1. The lowest BCUT2D eigenvalue weighted by Gasteiger charge is -2.17. The summed E-state index contributed by atoms with van der Waals surface area (Å²) >= 11 is 0. The summed E-state index contributed by atoms with van der Waals surface area (Å²) in [7, 11) is -1.95. The molecule has 2 rings (SSSR count). The van der Waals surface area contributed by atoms with Gasteiger partial charge in [-0.25, -0.2) is 18.1 Å². The molecule has 1 amide bonds. The number of hydrogen-bond donors (Lipinski definition) is 2. The second kappa shape index (κ2) is 12.2. The van der Waals surface area contributed by atoms with Crippen molar-refractivity contribution in [1.29, 1.82) is 0 Å². The average molecular weight is 518 g/mol. The smallest absolute Gasteiger partial charge is 0.433 e. The van der Waals surface area contributed by atoms with Crippen LogP contribution in [0.2, 0.25) is 0 Å². The number of sulfonamides is 1. The van der Waals surface area contributed by atoms with Crippen LogP contribution in [0.15, 0.2) is 30.3 Å². The lowest BCUT2D eigenvalue weighted by Crippen LogP contribution is -2.28. The molecule has 1 heterocycles. The van der Waals surface area contributed by atoms with Crippen molar-refractivity contribution >= 4 is 15.9 Å². The number of rotatable bonds is 12. The third kappa shape index (κ3) is 8.70. The van der Waals surface area contributed by atoms with Gasteiger partial charge in [0.25, 0.3) is 0 Å². The molecule has 1 unspecified atom stereocenters. The zero-order valence-electron chi connectivity index (χ0n) is 20.0. The van der Waals surface area contributed by atoms with Crippen LogP contribution in [-0.4, -0.2) is 39.3 Å². The molecule has 0 saturated heterocycles. The minimum absolute atomic E-state index is 0.0323. The second-order valence-corrected chi connectivity index (χ2v) is 9.80. The van der Waals surface area contributed by atoms with Crippen LogP contribution in [-0.2, 0) is 34.1 Å². The average Bonchev–Trinajstić information content (AvgIpc) is 2.80. The van der Waals surface area contributed by atoms with Crippen LogP contribution in [0.5, 0.6) is 11.6 Å². The van der Waals surface area contributed by atoms with E-state index in [0.29, 0.717) is 28.9 Å². The molecule has 0 fully saturated rings. The molecule has 0 aliphatic heterocycles. The van der Waals surface area contributed by atoms with Crippen molar-refractivity contribution in [3.63, 3.8) is 0 Å². The maximum Gasteiger partial charge on any atom is 0.433 e. The summed E-state index contributed by atoms with van der Waals surface area (Å²) in [6, 6.07) is 7.09. The molecule has 1 aromatic heterocycles. The lowest BCUT2D eigenvalue weighted by atomic mass is 9.98. The number of aromatic nitrogens is 1. The van der Waals surface area contributed by atoms with E-state index in [1.807, 2.05) is 6.92 Å². The highest BCUT2D eigenvalue weighted by molar-refractivity contribution is 7.88. The highest BCUT2D eigenvalue weighted by Crippen LogP contribution is 2.30. The van der Waals surface area contributed by atoms with Crippen LogP contribution in [0.4, 0.5) is 13.2 Å². The highest BCUT2D eigenvalue weighted by Gasteiger charge is 2.33. The Hall–Kier alpha value is -2.86. The first-order chi connectivity index (χ1) is 16.4. The van der Waals surface area contributed by atoms with Gasteiger partial charge in [0.1, 0.15) is 11.4 Å². The van der Waals surface area contributed by atoms with Gasteiger partial charge in [-0.1, -0.05) is 25.5 Å². The molecule has 0 aliphatic carbocycles. The van der Waals surface area contributed by atoms with Crippen molar-refractivity contribution in [2.45, 2.75) is 51.9 Å². The number of amides is 1. The maximum absolute atomic E-state index is 13.1. The Morgan fingerprint density at radius 2 is 1.83 bits per heavy atom. The molecule has 1 atom stereocenters. The van der Waals surface area contributed by atoms with Crippen LogP contribution < -0.4 is 19.5 Å². The van der Waals surface area contributed by atoms with Crippen molar-refractivity contribution in [3.05, 3.63) is 52.7 Å². The van der Waals surface area contributed by atoms with Gasteiger partial charge in [-0.15, -0.1) is 0 Å². The van der Waals surface area contributed by atoms with Crippen molar-refractivity contribution in [3.8, 4) is 11.6 Å². The Morgan fingerprint density at radius 3 is 2.43 bits per heavy atom. The van der Waals surface area contributed by atoms with Gasteiger partial charge in [0.05, 0.1) is 25.9 Å². The number of carbonyl (C=O) groups excluding carboxylic acids is 1. The number of nitrogens with one attached hydrogen (secondary N) is 2. The zero-order valence-corrected chi connectivity index (χ0v) is 20.8. The molecule has 0 spiro atoms. The standard InChI is InChI=1S/C23H30F3N3O5S/c1-5-6-11-34-22-18(9-10-20(29-22)23(24,25)26)13-27-21(30)15(2)16-7-8-17(19(12-16)33-3)14-28-35(4,31)32/h7-10,12,15,28H,5-6,11,13-14H2,1-4H3,(H,27,30). The Labute approximate surface area is 203 Å². The van der Waals surface area contributed by atoms with E-state index in [0.717, 1.165) is 18.7 Å². The van der Waals surface area contributed by atoms with Crippen molar-refractivity contribution < 1.29 is 35.9 Å². The van der Waals surface area contributed by atoms with Gasteiger partial charge in [-0.05, 0) is 37.1 Å². The Morgan fingerprint density at radius 1 is 1.14 bits per heavy atom. The summed E-state index contributed by atoms with van der Waals surface area (Å²) in [5.74, 6) is -0.733. The van der Waals surface area contributed by atoms with E-state index in [1.165, 1.54) is 13.2 Å². The van der Waals surface area contributed by atoms with Gasteiger partial charge in [-0.3, -0.25) is 4.79 Å². The molecule has 12 heteroatoms. The van der Waals surface area contributed by atoms with E-state index in [-0.39, 0.29) is 31.5 Å². The van der Waals surface area contributed by atoms with Crippen molar-refractivity contribution in [2.24, 2.45) is 0 Å². The molecule has 8 nitrogen and oxygen atoms in total. The van der Waals surface area contributed by atoms with Crippen LogP contribution in [0.3, 0.4) is 0 Å². The van der Waals surface area contributed by atoms with Gasteiger partial charge < -0.3 is 14.8 Å². The number of nitrogens with zero attached hydrogens (tertiary/aromatic N) is 1. The summed E-state index contributed by atoms with van der Waals surface area (Å²) in [5, 5.41) is 2.71. The van der Waals surface area contributed by atoms with E-state index in [2.05, 4.69) is 15.0 Å². The number of pyridine rings is 1. The van der Waals surface area contributed by atoms with Crippen molar-refractivity contribution in [2.75, 3.05) is 20.0 Å². The van der Waals surface area contributed by atoms with E-state index < -0.39 is 27.8 Å². The molecule has 1 aromatic carbocycles. The van der Waals surface area contributed by atoms with Crippen LogP contribution in [0.25, 0.3) is 0 Å². The molecule has 2 N–H and O–H groups in total. The minimum Gasteiger partial charge on any atom is -0.496 e. The van der Waals surface area contributed by atoms with E-state index >= 15 is 0 Å². The third-order valence-corrected chi connectivity index (χ3v) is 5.82. The summed E-state index contributed by atoms with van der Waals surface area (Å²) in [4.78, 5) is 16.4. The number of methoxy groups -OCH3 is 1. The second-order valence-electron chi connectivity index (χ2n) is 7.96. The molecule has 194 valence electrons. The molecule has 0 radical (unpaired) electrons. The van der Waals surface area contributed by atoms with Crippen LogP contribution >= 0.6 is 0 Å². The monoisotopic (exact) mass is 517 g/mol. The number of carbonyl (C=O) groups is 1. The summed E-state index contributed by atoms with van der Waals surface area (Å²) in [6.45, 7) is 3.77. The molecule has 0 saturated carbocycles. The number of alkyl halides is 3. The summed E-state index contributed by atoms with van der Waals surface area (Å²) in [5.41, 5.74) is 0.478. The van der Waals surface area contributed by atoms with Gasteiger partial charge >= 0.3 is 6.18 Å². The number of hydrogen-bond acceptors (Lipinski definition) is 6. The first-order valence-electron chi connectivity index (χ1n) is 10.9. The fourth-order valence-corrected chi connectivity index (χ4v) is 3.49. The van der Waals surface area contributed by atoms with Crippen LogP contribution in [0.1, 0.15) is 55.0 Å². The predicted molar refractivity (Wildman–Crippen MR) is 125 cm³/mol. The summed E-state index contributed by atoms with van der Waals surface area (Å²) < 4.78 is 75.0. The Balaban J connectivity index is 2.13. The van der Waals surface area contributed by atoms with E-state index in [9.17, 15) is 26.4 Å². The quantitative estimate of drug-likeness (QED) is 0.416. The Bertz CT molecular complexity index is 1120. The minimum atomic E-state index is -4.61. The third-order valence-electron chi connectivity index (χ3n) is 5.15. The fraction of sp³-hybridized carbons (Fsp3) is 0.478. The summed E-state index contributed by atoms with van der Waals surface area (Å²) in [6.07, 6.45) is -2.11. The highest BCUT2D eigenvalue weighted by atomic mass is 32.2. The number of benzene rings is 1. The van der Waals surface area contributed by atoms with Gasteiger partial charge in [0, 0.05) is 24.2 Å². The number of ether oxygens (including phenoxy) is 2. The fourth-order valence-electron chi connectivity index (χ4n) is 3.07. The first kappa shape index (κ1) is 28.4. The van der Waals surface area contributed by atoms with E-state index in [1.54, 1.807) is 25.1 Å². The normalized spacial score (nSPS) is 12.8. The van der Waals surface area contributed by atoms with Crippen LogP contribution in [0, 0.1) is 0 Å². The van der Waals surface area contributed by atoms with Gasteiger partial charge in [-0.2, -0.15) is 13.2 Å². The molecular formula is C23H30F3N3O5S. The molecular weight excluding hydrogens is 487 g/mol. The SMILES string of the molecule is CCCCOc1nc(C(F)(F)F)ccc1CNC(=O)C(C)c1ccc(CNS(C)(=O)=O)c(OC)c1. The largest absolute Gasteiger partial charge is 0.496 e. The number of unbranched alkanes of at least 4 members (excludes halogenated alkanes) is 1. The van der Waals surface area contributed by atoms with Gasteiger partial charge in [0.2, 0.25) is 21.8 Å². The first-order valence-corrected chi connectivity index (χ1v) is 12.8. The Kier molecular flexibility index (Phi) is 9.90. The van der Waals surface area contributed by atoms with E-state index in [4.69, 9.17) is 9.47 Å². The lowest BCUT2D eigenvalue weighted by molar-refractivity contribution is -0.141. The molecule has 35 heavy (non-hydrogen) atoms.